The first-order valence-electron chi connectivity index (χ1n) is 9.50. The highest BCUT2D eigenvalue weighted by Gasteiger charge is 2.33. The molecule has 2 heterocycles. The van der Waals surface area contributed by atoms with Crippen LogP contribution in [0.25, 0.3) is 5.57 Å². The van der Waals surface area contributed by atoms with Crippen LogP contribution in [0.4, 0.5) is 0 Å². The molecule has 0 saturated heterocycles. The highest BCUT2D eigenvalue weighted by atomic mass is 16.3. The standard InChI is InChI=1S/C22H26N2O2/c1-17-7-10-21(26-17)15-24(20-8-9-20)22(25)16-23-13-11-19(12-14-23)18-5-3-2-4-6-18/h2-7,10-11,20H,8-9,12-16H2,1H3. The van der Waals surface area contributed by atoms with Gasteiger partial charge in [-0.25, -0.2) is 0 Å². The zero-order chi connectivity index (χ0) is 17.9. The number of benzene rings is 1. The average Bonchev–Trinajstić information content (AvgIpc) is 3.42. The molecule has 0 spiro atoms. The van der Waals surface area contributed by atoms with Crippen LogP contribution in [-0.4, -0.2) is 41.4 Å². The molecule has 0 atom stereocenters. The molecule has 1 saturated carbocycles. The Labute approximate surface area is 155 Å². The van der Waals surface area contributed by atoms with Gasteiger partial charge in [0.1, 0.15) is 11.5 Å². The van der Waals surface area contributed by atoms with E-state index in [1.165, 1.54) is 11.1 Å². The zero-order valence-corrected chi connectivity index (χ0v) is 15.4. The van der Waals surface area contributed by atoms with Gasteiger partial charge in [-0.3, -0.25) is 9.69 Å². The number of hydrogen-bond acceptors (Lipinski definition) is 3. The summed E-state index contributed by atoms with van der Waals surface area (Å²) in [6.45, 7) is 4.81. The third-order valence-corrected chi connectivity index (χ3v) is 5.23. The van der Waals surface area contributed by atoms with Gasteiger partial charge < -0.3 is 9.32 Å². The van der Waals surface area contributed by atoms with Gasteiger partial charge in [0.25, 0.3) is 0 Å². The van der Waals surface area contributed by atoms with Crippen LogP contribution in [-0.2, 0) is 11.3 Å². The first-order chi connectivity index (χ1) is 12.7. The van der Waals surface area contributed by atoms with Crippen LogP contribution in [0.15, 0.2) is 53.0 Å². The van der Waals surface area contributed by atoms with Crippen molar-refractivity contribution in [3.8, 4) is 0 Å². The van der Waals surface area contributed by atoms with Crippen LogP contribution in [0.5, 0.6) is 0 Å². The van der Waals surface area contributed by atoms with Crippen LogP contribution < -0.4 is 0 Å². The number of hydrogen-bond donors (Lipinski definition) is 0. The molecule has 1 amide bonds. The Hall–Kier alpha value is -2.33. The fraction of sp³-hybridized carbons (Fsp3) is 0.409. The molecule has 0 unspecified atom stereocenters. The number of aryl methyl sites for hydroxylation is 1. The normalized spacial score (nSPS) is 17.8. The van der Waals surface area contributed by atoms with Gasteiger partial charge in [0, 0.05) is 19.1 Å². The lowest BCUT2D eigenvalue weighted by atomic mass is 9.99. The summed E-state index contributed by atoms with van der Waals surface area (Å²) in [5.74, 6) is 2.00. The highest BCUT2D eigenvalue weighted by molar-refractivity contribution is 5.79. The molecule has 2 aromatic rings. The van der Waals surface area contributed by atoms with E-state index >= 15 is 0 Å². The topological polar surface area (TPSA) is 36.7 Å². The van der Waals surface area contributed by atoms with E-state index in [1.54, 1.807) is 0 Å². The van der Waals surface area contributed by atoms with Crippen molar-refractivity contribution in [1.29, 1.82) is 0 Å². The summed E-state index contributed by atoms with van der Waals surface area (Å²) in [6.07, 6.45) is 5.49. The number of carbonyl (C=O) groups is 1. The van der Waals surface area contributed by atoms with E-state index in [9.17, 15) is 4.79 Å². The van der Waals surface area contributed by atoms with Gasteiger partial charge in [-0.15, -0.1) is 0 Å². The number of rotatable bonds is 6. The maximum Gasteiger partial charge on any atom is 0.237 e. The molecular weight excluding hydrogens is 324 g/mol. The van der Waals surface area contributed by atoms with Crippen molar-refractivity contribution in [2.75, 3.05) is 19.6 Å². The highest BCUT2D eigenvalue weighted by Crippen LogP contribution is 2.29. The zero-order valence-electron chi connectivity index (χ0n) is 15.4. The monoisotopic (exact) mass is 350 g/mol. The van der Waals surface area contributed by atoms with Crippen molar-refractivity contribution < 1.29 is 9.21 Å². The van der Waals surface area contributed by atoms with Gasteiger partial charge in [-0.05, 0) is 49.5 Å². The van der Waals surface area contributed by atoms with Crippen molar-refractivity contribution in [3.63, 3.8) is 0 Å². The average molecular weight is 350 g/mol. The molecule has 1 aromatic heterocycles. The summed E-state index contributed by atoms with van der Waals surface area (Å²) < 4.78 is 5.68. The minimum absolute atomic E-state index is 0.220. The quantitative estimate of drug-likeness (QED) is 0.794. The Kier molecular flexibility index (Phi) is 4.93. The lowest BCUT2D eigenvalue weighted by molar-refractivity contribution is -0.133. The third kappa shape index (κ3) is 4.07. The minimum Gasteiger partial charge on any atom is -0.464 e. The molecule has 1 fully saturated rings. The van der Waals surface area contributed by atoms with Gasteiger partial charge in [0.15, 0.2) is 0 Å². The van der Waals surface area contributed by atoms with Gasteiger partial charge in [-0.2, -0.15) is 0 Å². The van der Waals surface area contributed by atoms with E-state index in [0.29, 0.717) is 19.1 Å². The van der Waals surface area contributed by atoms with E-state index in [4.69, 9.17) is 4.42 Å². The summed E-state index contributed by atoms with van der Waals surface area (Å²) in [7, 11) is 0. The van der Waals surface area contributed by atoms with Gasteiger partial charge in [0.05, 0.1) is 13.1 Å². The maximum atomic E-state index is 12.9. The van der Waals surface area contributed by atoms with E-state index in [-0.39, 0.29) is 5.91 Å². The molecular formula is C22H26N2O2. The molecule has 4 rings (SSSR count). The molecule has 4 heteroatoms. The predicted molar refractivity (Wildman–Crippen MR) is 102 cm³/mol. The van der Waals surface area contributed by atoms with Crippen LogP contribution >= 0.6 is 0 Å². The number of carbonyl (C=O) groups excluding carboxylic acids is 1. The second-order valence-electron chi connectivity index (χ2n) is 7.35. The summed E-state index contributed by atoms with van der Waals surface area (Å²) in [5.41, 5.74) is 2.69. The summed E-state index contributed by atoms with van der Waals surface area (Å²) in [5, 5.41) is 0. The van der Waals surface area contributed by atoms with Crippen molar-refractivity contribution in [3.05, 3.63) is 65.6 Å². The molecule has 0 bridgehead atoms. The van der Waals surface area contributed by atoms with Crippen LogP contribution in [0.2, 0.25) is 0 Å². The lowest BCUT2D eigenvalue weighted by Crippen LogP contribution is -2.42. The Bertz CT molecular complexity index is 789. The smallest absolute Gasteiger partial charge is 0.237 e. The van der Waals surface area contributed by atoms with Gasteiger partial charge in [0.2, 0.25) is 5.91 Å². The Balaban J connectivity index is 1.36. The molecule has 136 valence electrons. The Morgan fingerprint density at radius 3 is 2.62 bits per heavy atom. The molecule has 2 aliphatic rings. The summed E-state index contributed by atoms with van der Waals surface area (Å²) in [6, 6.07) is 14.9. The first kappa shape index (κ1) is 17.1. The molecule has 0 radical (unpaired) electrons. The molecule has 1 aromatic carbocycles. The lowest BCUT2D eigenvalue weighted by Gasteiger charge is -2.29. The van der Waals surface area contributed by atoms with Crippen LogP contribution in [0, 0.1) is 6.92 Å². The second kappa shape index (κ2) is 7.50. The van der Waals surface area contributed by atoms with Gasteiger partial charge in [-0.1, -0.05) is 36.4 Å². The van der Waals surface area contributed by atoms with Crippen molar-refractivity contribution in [2.24, 2.45) is 0 Å². The van der Waals surface area contributed by atoms with E-state index in [0.717, 1.165) is 43.9 Å². The summed E-state index contributed by atoms with van der Waals surface area (Å²) >= 11 is 0. The number of amides is 1. The molecule has 26 heavy (non-hydrogen) atoms. The number of nitrogens with zero attached hydrogens (tertiary/aromatic N) is 2. The number of furan rings is 1. The van der Waals surface area contributed by atoms with Gasteiger partial charge >= 0.3 is 0 Å². The summed E-state index contributed by atoms with van der Waals surface area (Å²) in [4.78, 5) is 17.1. The van der Waals surface area contributed by atoms with Crippen LogP contribution in [0.1, 0.15) is 36.3 Å². The Morgan fingerprint density at radius 2 is 2.00 bits per heavy atom. The van der Waals surface area contributed by atoms with E-state index < -0.39 is 0 Å². The third-order valence-electron chi connectivity index (χ3n) is 5.23. The fourth-order valence-corrected chi connectivity index (χ4v) is 3.60. The second-order valence-corrected chi connectivity index (χ2v) is 7.35. The van der Waals surface area contributed by atoms with Crippen LogP contribution in [0.3, 0.4) is 0 Å². The molecule has 1 aliphatic heterocycles. The fourth-order valence-electron chi connectivity index (χ4n) is 3.60. The SMILES string of the molecule is Cc1ccc(CN(C(=O)CN2CC=C(c3ccccc3)CC2)C2CC2)o1. The first-order valence-corrected chi connectivity index (χ1v) is 9.50. The maximum absolute atomic E-state index is 12.9. The minimum atomic E-state index is 0.220. The van der Waals surface area contributed by atoms with E-state index in [2.05, 4.69) is 35.2 Å². The Morgan fingerprint density at radius 1 is 1.19 bits per heavy atom. The van der Waals surface area contributed by atoms with Crippen molar-refractivity contribution in [2.45, 2.75) is 38.8 Å². The van der Waals surface area contributed by atoms with E-state index in [1.807, 2.05) is 30.0 Å². The molecule has 4 nitrogen and oxygen atoms in total. The molecule has 1 aliphatic carbocycles. The molecule has 0 N–H and O–H groups in total. The van der Waals surface area contributed by atoms with Crippen molar-refractivity contribution >= 4 is 11.5 Å². The largest absolute Gasteiger partial charge is 0.464 e. The van der Waals surface area contributed by atoms with Crippen molar-refractivity contribution in [1.82, 2.24) is 9.80 Å². The predicted octanol–water partition coefficient (Wildman–Crippen LogP) is 3.87.